The van der Waals surface area contributed by atoms with E-state index in [1.807, 2.05) is 0 Å². The monoisotopic (exact) mass is 253 g/mol. The highest BCUT2D eigenvalue weighted by Crippen LogP contribution is 2.22. The predicted octanol–water partition coefficient (Wildman–Crippen LogP) is 2.59. The van der Waals surface area contributed by atoms with Crippen molar-refractivity contribution in [2.45, 2.75) is 0 Å². The highest BCUT2D eigenvalue weighted by molar-refractivity contribution is 6.21. The maximum absolute atomic E-state index is 12.0. The number of benzene rings is 1. The molecule has 0 unspecified atom stereocenters. The van der Waals surface area contributed by atoms with Crippen LogP contribution < -0.4 is 0 Å². The topological polar surface area (TPSA) is 50.5 Å². The van der Waals surface area contributed by atoms with Crippen molar-refractivity contribution in [3.8, 4) is 0 Å². The SMILES string of the molecule is O=C1c2ccccc2C(=O)N1CC=Cc1ccco1. The Bertz CT molecular complexity index is 621. The highest BCUT2D eigenvalue weighted by Gasteiger charge is 2.33. The van der Waals surface area contributed by atoms with Crippen LogP contribution in [-0.4, -0.2) is 23.3 Å². The molecule has 3 rings (SSSR count). The van der Waals surface area contributed by atoms with Gasteiger partial charge in [0.25, 0.3) is 11.8 Å². The fourth-order valence-corrected chi connectivity index (χ4v) is 2.07. The summed E-state index contributed by atoms with van der Waals surface area (Å²) in [5.74, 6) is 0.200. The predicted molar refractivity (Wildman–Crippen MR) is 69.6 cm³/mol. The van der Waals surface area contributed by atoms with E-state index in [4.69, 9.17) is 4.42 Å². The summed E-state index contributed by atoms with van der Waals surface area (Å²) >= 11 is 0. The lowest BCUT2D eigenvalue weighted by molar-refractivity contribution is 0.0672. The van der Waals surface area contributed by atoms with Crippen LogP contribution in [0.15, 0.2) is 53.2 Å². The van der Waals surface area contributed by atoms with Gasteiger partial charge in [0, 0.05) is 6.54 Å². The van der Waals surface area contributed by atoms with Gasteiger partial charge in [0.1, 0.15) is 5.76 Å². The summed E-state index contributed by atoms with van der Waals surface area (Å²) < 4.78 is 5.14. The largest absolute Gasteiger partial charge is 0.465 e. The van der Waals surface area contributed by atoms with Crippen molar-refractivity contribution in [3.05, 3.63) is 65.6 Å². The van der Waals surface area contributed by atoms with E-state index in [-0.39, 0.29) is 18.4 Å². The van der Waals surface area contributed by atoms with Gasteiger partial charge in [0.05, 0.1) is 17.4 Å². The van der Waals surface area contributed by atoms with Crippen LogP contribution in [-0.2, 0) is 0 Å². The van der Waals surface area contributed by atoms with Gasteiger partial charge in [-0.15, -0.1) is 0 Å². The normalized spacial score (nSPS) is 14.4. The first-order valence-corrected chi connectivity index (χ1v) is 5.92. The smallest absolute Gasteiger partial charge is 0.261 e. The molecular weight excluding hydrogens is 242 g/mol. The van der Waals surface area contributed by atoms with Gasteiger partial charge in [0.2, 0.25) is 0 Å². The Morgan fingerprint density at radius 2 is 1.68 bits per heavy atom. The first-order chi connectivity index (χ1) is 9.27. The summed E-state index contributed by atoms with van der Waals surface area (Å²) in [4.78, 5) is 25.3. The summed E-state index contributed by atoms with van der Waals surface area (Å²) in [6.07, 6.45) is 5.05. The molecule has 0 saturated heterocycles. The molecule has 0 fully saturated rings. The lowest BCUT2D eigenvalue weighted by Crippen LogP contribution is -2.29. The second-order valence-electron chi connectivity index (χ2n) is 4.18. The zero-order chi connectivity index (χ0) is 13.2. The van der Waals surface area contributed by atoms with Crippen molar-refractivity contribution in [1.29, 1.82) is 0 Å². The Balaban J connectivity index is 1.77. The zero-order valence-electron chi connectivity index (χ0n) is 10.1. The maximum atomic E-state index is 12.0. The average molecular weight is 253 g/mol. The number of carbonyl (C=O) groups is 2. The second-order valence-corrected chi connectivity index (χ2v) is 4.18. The number of amides is 2. The van der Waals surface area contributed by atoms with E-state index < -0.39 is 0 Å². The first-order valence-electron chi connectivity index (χ1n) is 5.92. The van der Waals surface area contributed by atoms with E-state index in [2.05, 4.69) is 0 Å². The molecule has 0 saturated carbocycles. The van der Waals surface area contributed by atoms with E-state index in [0.717, 1.165) is 0 Å². The van der Waals surface area contributed by atoms with Crippen LogP contribution in [0.5, 0.6) is 0 Å². The van der Waals surface area contributed by atoms with Crippen LogP contribution in [0.4, 0.5) is 0 Å². The van der Waals surface area contributed by atoms with Gasteiger partial charge in [-0.3, -0.25) is 14.5 Å². The zero-order valence-corrected chi connectivity index (χ0v) is 10.1. The number of rotatable bonds is 3. The number of carbonyl (C=O) groups excluding carboxylic acids is 2. The van der Waals surface area contributed by atoms with Gasteiger partial charge in [-0.1, -0.05) is 18.2 Å². The Hall–Kier alpha value is -2.62. The van der Waals surface area contributed by atoms with Crippen molar-refractivity contribution in [2.75, 3.05) is 6.54 Å². The van der Waals surface area contributed by atoms with Crippen LogP contribution in [0.1, 0.15) is 26.5 Å². The number of hydrogen-bond donors (Lipinski definition) is 0. The minimum atomic E-state index is -0.246. The molecular formula is C15H11NO3. The number of furan rings is 1. The van der Waals surface area contributed by atoms with Crippen LogP contribution in [0.3, 0.4) is 0 Å². The molecule has 2 amide bonds. The molecule has 2 aromatic rings. The molecule has 1 aliphatic rings. The molecule has 19 heavy (non-hydrogen) atoms. The molecule has 0 spiro atoms. The lowest BCUT2D eigenvalue weighted by Gasteiger charge is -2.09. The van der Waals surface area contributed by atoms with Gasteiger partial charge in [-0.2, -0.15) is 0 Å². The third kappa shape index (κ3) is 1.97. The highest BCUT2D eigenvalue weighted by atomic mass is 16.3. The number of fused-ring (bicyclic) bond motifs is 1. The summed E-state index contributed by atoms with van der Waals surface area (Å²) in [5, 5.41) is 0. The van der Waals surface area contributed by atoms with Crippen LogP contribution in [0.25, 0.3) is 6.08 Å². The fourth-order valence-electron chi connectivity index (χ4n) is 2.07. The Labute approximate surface area is 109 Å². The fraction of sp³-hybridized carbons (Fsp3) is 0.0667. The quantitative estimate of drug-likeness (QED) is 0.790. The van der Waals surface area contributed by atoms with Crippen molar-refractivity contribution < 1.29 is 14.0 Å². The van der Waals surface area contributed by atoms with E-state index in [9.17, 15) is 9.59 Å². The van der Waals surface area contributed by atoms with E-state index in [1.54, 1.807) is 54.8 Å². The van der Waals surface area contributed by atoms with Crippen LogP contribution >= 0.6 is 0 Å². The average Bonchev–Trinajstić information content (AvgIpc) is 3.02. The Morgan fingerprint density at radius 3 is 2.26 bits per heavy atom. The summed E-state index contributed by atoms with van der Waals surface area (Å²) in [7, 11) is 0. The number of nitrogens with zero attached hydrogens (tertiary/aromatic N) is 1. The van der Waals surface area contributed by atoms with Gasteiger partial charge in [-0.05, 0) is 30.3 Å². The molecule has 0 aliphatic carbocycles. The summed E-state index contributed by atoms with van der Waals surface area (Å²) in [6, 6.07) is 10.4. The van der Waals surface area contributed by atoms with E-state index in [0.29, 0.717) is 16.9 Å². The second kappa shape index (κ2) is 4.57. The lowest BCUT2D eigenvalue weighted by atomic mass is 10.1. The number of imide groups is 1. The Morgan fingerprint density at radius 1 is 1.00 bits per heavy atom. The minimum Gasteiger partial charge on any atom is -0.465 e. The maximum Gasteiger partial charge on any atom is 0.261 e. The molecule has 2 heterocycles. The van der Waals surface area contributed by atoms with Gasteiger partial charge in [-0.25, -0.2) is 0 Å². The molecule has 1 aromatic carbocycles. The molecule has 0 bridgehead atoms. The molecule has 0 radical (unpaired) electrons. The molecule has 0 atom stereocenters. The number of hydrogen-bond acceptors (Lipinski definition) is 3. The van der Waals surface area contributed by atoms with Gasteiger partial charge < -0.3 is 4.42 Å². The molecule has 4 nitrogen and oxygen atoms in total. The first kappa shape index (κ1) is 11.5. The van der Waals surface area contributed by atoms with E-state index in [1.165, 1.54) is 4.90 Å². The molecule has 94 valence electrons. The van der Waals surface area contributed by atoms with Crippen molar-refractivity contribution in [2.24, 2.45) is 0 Å². The third-order valence-corrected chi connectivity index (χ3v) is 2.99. The third-order valence-electron chi connectivity index (χ3n) is 2.99. The van der Waals surface area contributed by atoms with Crippen molar-refractivity contribution >= 4 is 17.9 Å². The summed E-state index contributed by atoms with van der Waals surface area (Å²) in [6.45, 7) is 0.243. The standard InChI is InChI=1S/C15H11NO3/c17-14-12-7-1-2-8-13(12)15(18)16(14)9-3-5-11-6-4-10-19-11/h1-8,10H,9H2. The van der Waals surface area contributed by atoms with Crippen molar-refractivity contribution in [1.82, 2.24) is 4.90 Å². The molecule has 1 aromatic heterocycles. The molecule has 0 N–H and O–H groups in total. The van der Waals surface area contributed by atoms with Gasteiger partial charge in [0.15, 0.2) is 0 Å². The minimum absolute atomic E-state index is 0.243. The van der Waals surface area contributed by atoms with Crippen molar-refractivity contribution in [3.63, 3.8) is 0 Å². The van der Waals surface area contributed by atoms with Crippen LogP contribution in [0.2, 0.25) is 0 Å². The summed E-state index contributed by atoms with van der Waals surface area (Å²) in [5.41, 5.74) is 0.942. The molecule has 1 aliphatic heterocycles. The van der Waals surface area contributed by atoms with Crippen LogP contribution in [0, 0.1) is 0 Å². The Kier molecular flexibility index (Phi) is 2.76. The van der Waals surface area contributed by atoms with Gasteiger partial charge >= 0.3 is 0 Å². The van der Waals surface area contributed by atoms with E-state index >= 15 is 0 Å². The molecule has 4 heteroatoms.